The number of carbonyl (C=O) groups is 3. The summed E-state index contributed by atoms with van der Waals surface area (Å²) in [5.74, 6) is -2.36. The Hall–Kier alpha value is -2.94. The molecule has 0 fully saturated rings. The number of aryl methyl sites for hydroxylation is 1. The highest BCUT2D eigenvalue weighted by Gasteiger charge is 2.50. The standard InChI is InChI=1S/C23H30O8S/c1-7-19(32(27,28)20-10-8-16(2)9-11-20)14-23(21(25)29-5,22(26)30-6)13-12-17(3)15-31-18(4)24/h7-12,19H,1,13-15H2,2-6H3/b17-12+. The summed E-state index contributed by atoms with van der Waals surface area (Å²) < 4.78 is 41.1. The highest BCUT2D eigenvalue weighted by atomic mass is 32.2. The van der Waals surface area contributed by atoms with Gasteiger partial charge in [-0.3, -0.25) is 14.4 Å². The summed E-state index contributed by atoms with van der Waals surface area (Å²) >= 11 is 0. The molecule has 0 N–H and O–H groups in total. The Balaban J connectivity index is 3.45. The summed E-state index contributed by atoms with van der Waals surface area (Å²) in [6, 6.07) is 6.23. The monoisotopic (exact) mass is 466 g/mol. The van der Waals surface area contributed by atoms with Gasteiger partial charge in [0.05, 0.1) is 24.4 Å². The Bertz CT molecular complexity index is 958. The van der Waals surface area contributed by atoms with Crippen molar-refractivity contribution in [2.45, 2.75) is 43.8 Å². The van der Waals surface area contributed by atoms with E-state index in [1.165, 1.54) is 31.2 Å². The van der Waals surface area contributed by atoms with Gasteiger partial charge in [-0.2, -0.15) is 0 Å². The Morgan fingerprint density at radius 2 is 1.59 bits per heavy atom. The van der Waals surface area contributed by atoms with Gasteiger partial charge in [0.25, 0.3) is 0 Å². The molecule has 1 atom stereocenters. The van der Waals surface area contributed by atoms with Gasteiger partial charge in [-0.15, -0.1) is 6.58 Å². The first-order valence-corrected chi connectivity index (χ1v) is 11.4. The third-order valence-electron chi connectivity index (χ3n) is 5.01. The van der Waals surface area contributed by atoms with Gasteiger partial charge in [0.2, 0.25) is 0 Å². The van der Waals surface area contributed by atoms with Crippen LogP contribution in [0.2, 0.25) is 0 Å². The van der Waals surface area contributed by atoms with Crippen molar-refractivity contribution in [3.8, 4) is 0 Å². The van der Waals surface area contributed by atoms with E-state index in [0.717, 1.165) is 19.8 Å². The van der Waals surface area contributed by atoms with Crippen molar-refractivity contribution in [2.24, 2.45) is 5.41 Å². The van der Waals surface area contributed by atoms with Gasteiger partial charge in [-0.1, -0.05) is 29.8 Å². The summed E-state index contributed by atoms with van der Waals surface area (Å²) in [5.41, 5.74) is -0.502. The van der Waals surface area contributed by atoms with Crippen molar-refractivity contribution < 1.29 is 37.0 Å². The minimum absolute atomic E-state index is 0.0400. The number of hydrogen-bond acceptors (Lipinski definition) is 8. The van der Waals surface area contributed by atoms with Gasteiger partial charge in [0.1, 0.15) is 6.61 Å². The van der Waals surface area contributed by atoms with Crippen LogP contribution in [0.5, 0.6) is 0 Å². The van der Waals surface area contributed by atoms with Crippen molar-refractivity contribution in [1.82, 2.24) is 0 Å². The molecule has 1 unspecified atom stereocenters. The van der Waals surface area contributed by atoms with Crippen molar-refractivity contribution >= 4 is 27.7 Å². The Labute approximate surface area is 189 Å². The average molecular weight is 467 g/mol. The quantitative estimate of drug-likeness (QED) is 0.212. The summed E-state index contributed by atoms with van der Waals surface area (Å²) in [5, 5.41) is -1.27. The number of methoxy groups -OCH3 is 2. The molecule has 0 aliphatic rings. The minimum atomic E-state index is -3.97. The molecule has 0 aliphatic carbocycles. The second-order valence-corrected chi connectivity index (χ2v) is 9.60. The zero-order valence-corrected chi connectivity index (χ0v) is 19.9. The summed E-state index contributed by atoms with van der Waals surface area (Å²) in [6.07, 6.45) is 2.05. The van der Waals surface area contributed by atoms with E-state index in [1.807, 2.05) is 6.92 Å². The lowest BCUT2D eigenvalue weighted by Crippen LogP contribution is -2.44. The number of sulfone groups is 1. The molecule has 8 nitrogen and oxygen atoms in total. The van der Waals surface area contributed by atoms with E-state index in [4.69, 9.17) is 14.2 Å². The molecule has 0 radical (unpaired) electrons. The fourth-order valence-electron chi connectivity index (χ4n) is 3.08. The molecule has 1 aromatic rings. The number of allylic oxidation sites excluding steroid dienone is 1. The van der Waals surface area contributed by atoms with Gasteiger partial charge in [-0.05, 0) is 44.4 Å². The third-order valence-corrected chi connectivity index (χ3v) is 7.10. The molecule has 0 heterocycles. The number of hydrogen-bond donors (Lipinski definition) is 0. The topological polar surface area (TPSA) is 113 Å². The second-order valence-electron chi connectivity index (χ2n) is 7.44. The maximum Gasteiger partial charge on any atom is 0.323 e. The number of carbonyl (C=O) groups excluding carboxylic acids is 3. The molecule has 0 spiro atoms. The van der Waals surface area contributed by atoms with Gasteiger partial charge in [0, 0.05) is 6.92 Å². The van der Waals surface area contributed by atoms with E-state index in [1.54, 1.807) is 19.1 Å². The van der Waals surface area contributed by atoms with E-state index in [2.05, 4.69) is 6.58 Å². The number of ether oxygens (including phenoxy) is 3. The molecule has 0 amide bonds. The predicted octanol–water partition coefficient (Wildman–Crippen LogP) is 2.95. The van der Waals surface area contributed by atoms with Crippen LogP contribution >= 0.6 is 0 Å². The molecule has 1 aromatic carbocycles. The first-order valence-electron chi connectivity index (χ1n) is 9.83. The molecule has 0 bridgehead atoms. The Kier molecular flexibility index (Phi) is 9.83. The average Bonchev–Trinajstić information content (AvgIpc) is 2.77. The zero-order valence-electron chi connectivity index (χ0n) is 19.0. The van der Waals surface area contributed by atoms with Crippen LogP contribution < -0.4 is 0 Å². The van der Waals surface area contributed by atoms with Crippen LogP contribution in [0, 0.1) is 12.3 Å². The molecule has 0 aromatic heterocycles. The fourth-order valence-corrected chi connectivity index (χ4v) is 4.70. The van der Waals surface area contributed by atoms with Crippen molar-refractivity contribution in [3.05, 3.63) is 54.1 Å². The predicted molar refractivity (Wildman–Crippen MR) is 118 cm³/mol. The highest BCUT2D eigenvalue weighted by molar-refractivity contribution is 7.92. The molecule has 32 heavy (non-hydrogen) atoms. The van der Waals surface area contributed by atoms with Crippen LogP contribution in [0.25, 0.3) is 0 Å². The molecular formula is C23H30O8S. The number of benzene rings is 1. The lowest BCUT2D eigenvalue weighted by atomic mass is 9.79. The van der Waals surface area contributed by atoms with Crippen LogP contribution in [0.1, 0.15) is 32.3 Å². The van der Waals surface area contributed by atoms with Crippen LogP contribution in [0.4, 0.5) is 0 Å². The normalized spacial score (nSPS) is 13.1. The summed E-state index contributed by atoms with van der Waals surface area (Å²) in [7, 11) is -1.76. The molecule has 0 saturated heterocycles. The highest BCUT2D eigenvalue weighted by Crippen LogP contribution is 2.36. The van der Waals surface area contributed by atoms with E-state index in [9.17, 15) is 22.8 Å². The van der Waals surface area contributed by atoms with Gasteiger partial charge in [0.15, 0.2) is 15.3 Å². The maximum absolute atomic E-state index is 13.2. The van der Waals surface area contributed by atoms with Crippen LogP contribution in [0.15, 0.2) is 53.5 Å². The van der Waals surface area contributed by atoms with Gasteiger partial charge < -0.3 is 14.2 Å². The molecule has 0 aliphatic heterocycles. The Morgan fingerprint density at radius 3 is 2.03 bits per heavy atom. The van der Waals surface area contributed by atoms with E-state index >= 15 is 0 Å². The van der Waals surface area contributed by atoms with Crippen LogP contribution in [-0.2, 0) is 38.4 Å². The third kappa shape index (κ3) is 6.53. The lowest BCUT2D eigenvalue weighted by molar-refractivity contribution is -0.169. The van der Waals surface area contributed by atoms with E-state index in [0.29, 0.717) is 5.57 Å². The fraction of sp³-hybridized carbons (Fsp3) is 0.435. The van der Waals surface area contributed by atoms with Crippen molar-refractivity contribution in [1.29, 1.82) is 0 Å². The largest absolute Gasteiger partial charge is 0.468 e. The van der Waals surface area contributed by atoms with Crippen LogP contribution in [-0.4, -0.2) is 52.4 Å². The lowest BCUT2D eigenvalue weighted by Gasteiger charge is -2.30. The van der Waals surface area contributed by atoms with Crippen molar-refractivity contribution in [3.63, 3.8) is 0 Å². The number of rotatable bonds is 11. The molecule has 176 valence electrons. The smallest absolute Gasteiger partial charge is 0.323 e. The SMILES string of the molecule is C=CC(CC(C/C=C(\C)COC(C)=O)(C(=O)OC)C(=O)OC)S(=O)(=O)c1ccc(C)cc1. The first kappa shape index (κ1) is 27.1. The summed E-state index contributed by atoms with van der Waals surface area (Å²) in [6.45, 7) is 8.30. The van der Waals surface area contributed by atoms with E-state index < -0.39 is 44.8 Å². The Morgan fingerprint density at radius 1 is 1.06 bits per heavy atom. The van der Waals surface area contributed by atoms with E-state index in [-0.39, 0.29) is 17.9 Å². The molecule has 9 heteroatoms. The second kappa shape index (κ2) is 11.6. The van der Waals surface area contributed by atoms with Crippen LogP contribution in [0.3, 0.4) is 0 Å². The summed E-state index contributed by atoms with van der Waals surface area (Å²) in [4.78, 5) is 36.7. The number of esters is 3. The molecule has 1 rings (SSSR count). The van der Waals surface area contributed by atoms with Gasteiger partial charge >= 0.3 is 17.9 Å². The first-order chi connectivity index (χ1) is 14.9. The molecular weight excluding hydrogens is 436 g/mol. The maximum atomic E-state index is 13.2. The molecule has 0 saturated carbocycles. The van der Waals surface area contributed by atoms with Gasteiger partial charge in [-0.25, -0.2) is 8.42 Å². The minimum Gasteiger partial charge on any atom is -0.468 e. The zero-order chi connectivity index (χ0) is 24.5. The van der Waals surface area contributed by atoms with Crippen molar-refractivity contribution in [2.75, 3.05) is 20.8 Å².